The van der Waals surface area contributed by atoms with E-state index >= 15 is 0 Å². The van der Waals surface area contributed by atoms with Crippen LogP contribution in [-0.2, 0) is 0 Å². The fourth-order valence-electron chi connectivity index (χ4n) is 1.49. The fraction of sp³-hybridized carbons (Fsp3) is 0.333. The number of hydrogen-bond acceptors (Lipinski definition) is 3. The molecular weight excluding hydrogens is 202 g/mol. The molecule has 0 heterocycles. The van der Waals surface area contributed by atoms with Crippen molar-refractivity contribution in [3.05, 3.63) is 29.3 Å². The summed E-state index contributed by atoms with van der Waals surface area (Å²) >= 11 is 0. The highest BCUT2D eigenvalue weighted by Crippen LogP contribution is 2.17. The average molecular weight is 217 g/mol. The topological polar surface area (TPSA) is 70.1 Å². The summed E-state index contributed by atoms with van der Waals surface area (Å²) in [4.78, 5) is 13.5. The Morgan fingerprint density at radius 2 is 2.25 bits per heavy atom. The lowest BCUT2D eigenvalue weighted by Gasteiger charge is -2.18. The van der Waals surface area contributed by atoms with Gasteiger partial charge in [-0.25, -0.2) is 0 Å². The van der Waals surface area contributed by atoms with Gasteiger partial charge < -0.3 is 10.6 Å². The molecule has 0 unspecified atom stereocenters. The molecule has 1 aromatic carbocycles. The van der Waals surface area contributed by atoms with E-state index in [2.05, 4.69) is 0 Å². The Labute approximate surface area is 95.3 Å². The molecule has 1 rings (SSSR count). The normalized spacial score (nSPS) is 9.56. The standard InChI is InChI=1S/C12H15N3O/c1-9-5-3-6-10(14)11(9)12(16)15(2)8-4-7-13/h3,5-6H,4,8,14H2,1-2H3. The molecule has 0 atom stereocenters. The zero-order valence-corrected chi connectivity index (χ0v) is 9.53. The van der Waals surface area contributed by atoms with Crippen molar-refractivity contribution >= 4 is 11.6 Å². The molecule has 0 aliphatic rings. The van der Waals surface area contributed by atoms with Gasteiger partial charge in [0.05, 0.1) is 18.1 Å². The number of rotatable bonds is 3. The van der Waals surface area contributed by atoms with Crippen LogP contribution in [-0.4, -0.2) is 24.4 Å². The average Bonchev–Trinajstić information content (AvgIpc) is 2.25. The van der Waals surface area contributed by atoms with Crippen molar-refractivity contribution in [1.29, 1.82) is 5.26 Å². The Bertz CT molecular complexity index is 414. The van der Waals surface area contributed by atoms with Gasteiger partial charge in [-0.15, -0.1) is 0 Å². The number of aryl methyl sites for hydroxylation is 1. The van der Waals surface area contributed by atoms with Gasteiger partial charge in [0.2, 0.25) is 0 Å². The van der Waals surface area contributed by atoms with Crippen LogP contribution in [0.2, 0.25) is 0 Å². The molecule has 4 nitrogen and oxygen atoms in total. The highest BCUT2D eigenvalue weighted by Gasteiger charge is 2.16. The van der Waals surface area contributed by atoms with Gasteiger partial charge in [0, 0.05) is 19.3 Å². The summed E-state index contributed by atoms with van der Waals surface area (Å²) in [5, 5.41) is 8.46. The molecule has 0 radical (unpaired) electrons. The van der Waals surface area contributed by atoms with Gasteiger partial charge in [0.1, 0.15) is 0 Å². The minimum Gasteiger partial charge on any atom is -0.398 e. The van der Waals surface area contributed by atoms with Crippen LogP contribution in [0.4, 0.5) is 5.69 Å². The van der Waals surface area contributed by atoms with E-state index < -0.39 is 0 Å². The number of amides is 1. The van der Waals surface area contributed by atoms with Gasteiger partial charge in [-0.3, -0.25) is 4.79 Å². The van der Waals surface area contributed by atoms with Crippen molar-refractivity contribution in [2.75, 3.05) is 19.3 Å². The minimum atomic E-state index is -0.133. The van der Waals surface area contributed by atoms with Gasteiger partial charge in [-0.2, -0.15) is 5.26 Å². The number of carbonyl (C=O) groups is 1. The maximum absolute atomic E-state index is 12.0. The summed E-state index contributed by atoms with van der Waals surface area (Å²) in [6, 6.07) is 7.38. The maximum atomic E-state index is 12.0. The van der Waals surface area contributed by atoms with Gasteiger partial charge in [0.15, 0.2) is 0 Å². The molecule has 16 heavy (non-hydrogen) atoms. The monoisotopic (exact) mass is 217 g/mol. The number of nitrogens with two attached hydrogens (primary N) is 1. The Balaban J connectivity index is 2.93. The van der Waals surface area contributed by atoms with E-state index in [-0.39, 0.29) is 5.91 Å². The van der Waals surface area contributed by atoms with Crippen molar-refractivity contribution in [1.82, 2.24) is 4.90 Å². The van der Waals surface area contributed by atoms with E-state index in [4.69, 9.17) is 11.0 Å². The van der Waals surface area contributed by atoms with Crippen molar-refractivity contribution in [3.8, 4) is 6.07 Å². The third kappa shape index (κ3) is 2.51. The first-order valence-corrected chi connectivity index (χ1v) is 5.05. The largest absolute Gasteiger partial charge is 0.398 e. The molecule has 1 amide bonds. The van der Waals surface area contributed by atoms with Crippen LogP contribution in [0.3, 0.4) is 0 Å². The summed E-state index contributed by atoms with van der Waals surface area (Å²) in [6.45, 7) is 2.27. The molecule has 0 aromatic heterocycles. The zero-order chi connectivity index (χ0) is 12.1. The van der Waals surface area contributed by atoms with Gasteiger partial charge in [-0.1, -0.05) is 12.1 Å². The van der Waals surface area contributed by atoms with E-state index in [0.717, 1.165) is 5.56 Å². The van der Waals surface area contributed by atoms with Crippen LogP contribution in [0.15, 0.2) is 18.2 Å². The third-order valence-corrected chi connectivity index (χ3v) is 2.42. The Morgan fingerprint density at radius 3 is 2.81 bits per heavy atom. The quantitative estimate of drug-likeness (QED) is 0.781. The van der Waals surface area contributed by atoms with Crippen LogP contribution < -0.4 is 5.73 Å². The SMILES string of the molecule is Cc1cccc(N)c1C(=O)N(C)CCC#N. The number of nitrogens with zero attached hydrogens (tertiary/aromatic N) is 2. The number of anilines is 1. The highest BCUT2D eigenvalue weighted by molar-refractivity contribution is 6.00. The van der Waals surface area contributed by atoms with Crippen molar-refractivity contribution < 1.29 is 4.79 Å². The number of carbonyl (C=O) groups excluding carboxylic acids is 1. The summed E-state index contributed by atoms with van der Waals surface area (Å²) in [6.07, 6.45) is 0.327. The predicted molar refractivity (Wildman–Crippen MR) is 62.8 cm³/mol. The second-order valence-electron chi connectivity index (χ2n) is 3.67. The summed E-state index contributed by atoms with van der Waals surface area (Å²) in [5.74, 6) is -0.133. The molecular formula is C12H15N3O. The summed E-state index contributed by atoms with van der Waals surface area (Å²) in [5.41, 5.74) is 7.64. The van der Waals surface area contributed by atoms with Crippen molar-refractivity contribution in [2.24, 2.45) is 0 Å². The van der Waals surface area contributed by atoms with E-state index in [0.29, 0.717) is 24.2 Å². The number of nitriles is 1. The molecule has 1 aromatic rings. The van der Waals surface area contributed by atoms with Crippen LogP contribution >= 0.6 is 0 Å². The molecule has 0 aliphatic heterocycles. The lowest BCUT2D eigenvalue weighted by molar-refractivity contribution is 0.0798. The lowest BCUT2D eigenvalue weighted by atomic mass is 10.1. The Hall–Kier alpha value is -2.02. The molecule has 0 aliphatic carbocycles. The van der Waals surface area contributed by atoms with E-state index in [9.17, 15) is 4.79 Å². The number of hydrogen-bond donors (Lipinski definition) is 1. The molecule has 0 saturated carbocycles. The highest BCUT2D eigenvalue weighted by atomic mass is 16.2. The molecule has 2 N–H and O–H groups in total. The van der Waals surface area contributed by atoms with Crippen molar-refractivity contribution in [2.45, 2.75) is 13.3 Å². The van der Waals surface area contributed by atoms with Crippen LogP contribution in [0, 0.1) is 18.3 Å². The Kier molecular flexibility index (Phi) is 3.90. The number of benzene rings is 1. The molecule has 0 fully saturated rings. The number of nitrogen functional groups attached to an aromatic ring is 1. The van der Waals surface area contributed by atoms with Gasteiger partial charge >= 0.3 is 0 Å². The van der Waals surface area contributed by atoms with Gasteiger partial charge in [-0.05, 0) is 18.6 Å². The first kappa shape index (κ1) is 12.1. The van der Waals surface area contributed by atoms with E-state index in [1.54, 1.807) is 13.1 Å². The maximum Gasteiger partial charge on any atom is 0.255 e. The minimum absolute atomic E-state index is 0.133. The van der Waals surface area contributed by atoms with Crippen molar-refractivity contribution in [3.63, 3.8) is 0 Å². The first-order valence-electron chi connectivity index (χ1n) is 5.05. The molecule has 0 bridgehead atoms. The zero-order valence-electron chi connectivity index (χ0n) is 9.53. The summed E-state index contributed by atoms with van der Waals surface area (Å²) in [7, 11) is 1.67. The van der Waals surface area contributed by atoms with Crippen LogP contribution in [0.25, 0.3) is 0 Å². The third-order valence-electron chi connectivity index (χ3n) is 2.42. The second-order valence-corrected chi connectivity index (χ2v) is 3.67. The van der Waals surface area contributed by atoms with Crippen LogP contribution in [0.5, 0.6) is 0 Å². The lowest BCUT2D eigenvalue weighted by Crippen LogP contribution is -2.28. The fourth-order valence-corrected chi connectivity index (χ4v) is 1.49. The van der Waals surface area contributed by atoms with Crippen LogP contribution in [0.1, 0.15) is 22.3 Å². The molecule has 0 spiro atoms. The molecule has 84 valence electrons. The summed E-state index contributed by atoms with van der Waals surface area (Å²) < 4.78 is 0. The molecule has 0 saturated heterocycles. The van der Waals surface area contributed by atoms with E-state index in [1.165, 1.54) is 4.90 Å². The molecule has 4 heteroatoms. The van der Waals surface area contributed by atoms with E-state index in [1.807, 2.05) is 25.1 Å². The Morgan fingerprint density at radius 1 is 1.56 bits per heavy atom. The van der Waals surface area contributed by atoms with Gasteiger partial charge in [0.25, 0.3) is 5.91 Å². The predicted octanol–water partition coefficient (Wildman–Crippen LogP) is 1.56. The second kappa shape index (κ2) is 5.17. The first-order chi connectivity index (χ1) is 7.57. The smallest absolute Gasteiger partial charge is 0.255 e.